The first kappa shape index (κ1) is 19.7. The summed E-state index contributed by atoms with van der Waals surface area (Å²) < 4.78 is 3.76. The van der Waals surface area contributed by atoms with E-state index in [1.165, 1.54) is 0 Å². The summed E-state index contributed by atoms with van der Waals surface area (Å²) in [6.45, 7) is 4.49. The van der Waals surface area contributed by atoms with Gasteiger partial charge in [-0.1, -0.05) is 0 Å². The number of hydrogen-bond donors (Lipinski definition) is 1. The SMILES string of the molecule is Cc1cc(-c2cnn(C)c2)cc(C)c1Nc1nccc2c1ccn2CC(=O)N(C)C. The maximum absolute atomic E-state index is 12.1. The van der Waals surface area contributed by atoms with Gasteiger partial charge in [-0.15, -0.1) is 0 Å². The highest BCUT2D eigenvalue weighted by Crippen LogP contribution is 2.32. The maximum atomic E-state index is 12.1. The van der Waals surface area contributed by atoms with Gasteiger partial charge in [0.2, 0.25) is 5.91 Å². The lowest BCUT2D eigenvalue weighted by atomic mass is 10.0. The molecule has 0 unspecified atom stereocenters. The Hall–Kier alpha value is -3.61. The Morgan fingerprint density at radius 1 is 1.13 bits per heavy atom. The second-order valence-electron chi connectivity index (χ2n) is 7.84. The molecule has 0 saturated carbocycles. The molecular weight excluding hydrogens is 376 g/mol. The molecular formula is C23H26N6O. The minimum absolute atomic E-state index is 0.0523. The Morgan fingerprint density at radius 2 is 1.87 bits per heavy atom. The second kappa shape index (κ2) is 7.67. The normalized spacial score (nSPS) is 11.1. The largest absolute Gasteiger partial charge is 0.347 e. The van der Waals surface area contributed by atoms with Crippen molar-refractivity contribution in [3.05, 3.63) is 60.2 Å². The molecule has 7 heteroatoms. The highest BCUT2D eigenvalue weighted by molar-refractivity contribution is 5.93. The molecule has 30 heavy (non-hydrogen) atoms. The standard InChI is InChI=1S/C23H26N6O/c1-15-10-17(18-12-25-28(5)13-18)11-16(2)22(15)26-23-19-7-9-29(14-21(30)27(3)4)20(19)6-8-24-23/h6-13H,14H2,1-5H3,(H,24,26). The Morgan fingerprint density at radius 3 is 2.50 bits per heavy atom. The number of amides is 1. The zero-order chi connectivity index (χ0) is 21.4. The highest BCUT2D eigenvalue weighted by Gasteiger charge is 2.13. The molecule has 0 spiro atoms. The summed E-state index contributed by atoms with van der Waals surface area (Å²) >= 11 is 0. The maximum Gasteiger partial charge on any atom is 0.241 e. The molecule has 0 atom stereocenters. The topological polar surface area (TPSA) is 68.0 Å². The molecule has 7 nitrogen and oxygen atoms in total. The summed E-state index contributed by atoms with van der Waals surface area (Å²) in [7, 11) is 5.45. The quantitative estimate of drug-likeness (QED) is 0.550. The summed E-state index contributed by atoms with van der Waals surface area (Å²) in [6.07, 6.45) is 7.60. The van der Waals surface area contributed by atoms with Gasteiger partial charge >= 0.3 is 0 Å². The van der Waals surface area contributed by atoms with Crippen molar-refractivity contribution < 1.29 is 4.79 Å². The number of aromatic nitrogens is 4. The van der Waals surface area contributed by atoms with Gasteiger partial charge in [0, 0.05) is 56.4 Å². The first-order valence-corrected chi connectivity index (χ1v) is 9.85. The van der Waals surface area contributed by atoms with Gasteiger partial charge in [-0.25, -0.2) is 4.98 Å². The van der Waals surface area contributed by atoms with Gasteiger partial charge < -0.3 is 14.8 Å². The molecule has 1 N–H and O–H groups in total. The molecule has 4 aromatic rings. The fourth-order valence-corrected chi connectivity index (χ4v) is 3.66. The lowest BCUT2D eigenvalue weighted by Gasteiger charge is -2.15. The van der Waals surface area contributed by atoms with Crippen LogP contribution in [0.1, 0.15) is 11.1 Å². The van der Waals surface area contributed by atoms with Gasteiger partial charge in [-0.2, -0.15) is 5.10 Å². The number of nitrogens with one attached hydrogen (secondary N) is 1. The monoisotopic (exact) mass is 402 g/mol. The Balaban J connectivity index is 1.67. The molecule has 154 valence electrons. The number of carbonyl (C=O) groups excluding carboxylic acids is 1. The van der Waals surface area contributed by atoms with E-state index in [0.717, 1.165) is 44.7 Å². The third-order valence-electron chi connectivity index (χ3n) is 5.32. The van der Waals surface area contributed by atoms with Crippen LogP contribution in [0.4, 0.5) is 11.5 Å². The predicted molar refractivity (Wildman–Crippen MR) is 120 cm³/mol. The minimum Gasteiger partial charge on any atom is -0.347 e. The Bertz CT molecular complexity index is 1210. The van der Waals surface area contributed by atoms with E-state index in [-0.39, 0.29) is 5.91 Å². The van der Waals surface area contributed by atoms with E-state index in [0.29, 0.717) is 6.54 Å². The van der Waals surface area contributed by atoms with Gasteiger partial charge in [-0.3, -0.25) is 9.48 Å². The van der Waals surface area contributed by atoms with E-state index in [9.17, 15) is 4.79 Å². The molecule has 0 aliphatic carbocycles. The van der Waals surface area contributed by atoms with Crippen molar-refractivity contribution >= 4 is 28.3 Å². The summed E-state index contributed by atoms with van der Waals surface area (Å²) in [5.74, 6) is 0.834. The smallest absolute Gasteiger partial charge is 0.241 e. The van der Waals surface area contributed by atoms with Crippen molar-refractivity contribution in [2.24, 2.45) is 7.05 Å². The van der Waals surface area contributed by atoms with Gasteiger partial charge in [0.05, 0.1) is 11.7 Å². The lowest BCUT2D eigenvalue weighted by Crippen LogP contribution is -2.25. The van der Waals surface area contributed by atoms with Crippen LogP contribution in [0.2, 0.25) is 0 Å². The zero-order valence-corrected chi connectivity index (χ0v) is 18.0. The van der Waals surface area contributed by atoms with Crippen molar-refractivity contribution in [1.82, 2.24) is 24.2 Å². The Labute approximate surface area is 175 Å². The van der Waals surface area contributed by atoms with Gasteiger partial charge in [0.25, 0.3) is 0 Å². The second-order valence-corrected chi connectivity index (χ2v) is 7.84. The third-order valence-corrected chi connectivity index (χ3v) is 5.32. The lowest BCUT2D eigenvalue weighted by molar-refractivity contribution is -0.129. The number of likely N-dealkylation sites (N-methyl/N-ethyl adjacent to an activating group) is 1. The van der Waals surface area contributed by atoms with Crippen LogP contribution in [0.3, 0.4) is 0 Å². The van der Waals surface area contributed by atoms with Crippen LogP contribution in [-0.4, -0.2) is 44.2 Å². The molecule has 1 amide bonds. The number of fused-ring (bicyclic) bond motifs is 1. The highest BCUT2D eigenvalue weighted by atomic mass is 16.2. The Kier molecular flexibility index (Phi) is 5.03. The van der Waals surface area contributed by atoms with Crippen LogP contribution in [-0.2, 0) is 18.4 Å². The average Bonchev–Trinajstić information content (AvgIpc) is 3.31. The molecule has 3 aromatic heterocycles. The number of pyridine rings is 1. The fraction of sp³-hybridized carbons (Fsp3) is 0.261. The molecule has 4 rings (SSSR count). The number of anilines is 2. The summed E-state index contributed by atoms with van der Waals surface area (Å²) in [5, 5.41) is 8.77. The van der Waals surface area contributed by atoms with Crippen molar-refractivity contribution in [1.29, 1.82) is 0 Å². The fourth-order valence-electron chi connectivity index (χ4n) is 3.66. The van der Waals surface area contributed by atoms with Crippen LogP contribution in [0.25, 0.3) is 22.0 Å². The van der Waals surface area contributed by atoms with E-state index in [1.807, 2.05) is 47.0 Å². The molecule has 0 saturated heterocycles. The van der Waals surface area contributed by atoms with Crippen LogP contribution >= 0.6 is 0 Å². The number of rotatable bonds is 5. The molecule has 0 fully saturated rings. The van der Waals surface area contributed by atoms with Crippen LogP contribution in [0.15, 0.2) is 49.1 Å². The number of nitrogens with zero attached hydrogens (tertiary/aromatic N) is 5. The number of hydrogen-bond acceptors (Lipinski definition) is 4. The molecule has 1 aromatic carbocycles. The molecule has 0 aliphatic rings. The van der Waals surface area contributed by atoms with Gasteiger partial charge in [-0.05, 0) is 54.8 Å². The first-order chi connectivity index (χ1) is 14.3. The molecule has 0 aliphatic heterocycles. The third kappa shape index (κ3) is 3.66. The summed E-state index contributed by atoms with van der Waals surface area (Å²) in [5.41, 5.74) is 6.52. The van der Waals surface area contributed by atoms with E-state index >= 15 is 0 Å². The number of benzene rings is 1. The molecule has 0 radical (unpaired) electrons. The average molecular weight is 403 g/mol. The summed E-state index contributed by atoms with van der Waals surface area (Å²) in [6, 6.07) is 8.26. The van der Waals surface area contributed by atoms with Crippen molar-refractivity contribution in [3.63, 3.8) is 0 Å². The van der Waals surface area contributed by atoms with Crippen molar-refractivity contribution in [2.45, 2.75) is 20.4 Å². The van der Waals surface area contributed by atoms with Crippen molar-refractivity contribution in [2.75, 3.05) is 19.4 Å². The van der Waals surface area contributed by atoms with E-state index in [4.69, 9.17) is 0 Å². The first-order valence-electron chi connectivity index (χ1n) is 9.85. The van der Waals surface area contributed by atoms with Gasteiger partial charge in [0.1, 0.15) is 12.4 Å². The van der Waals surface area contributed by atoms with Crippen molar-refractivity contribution in [3.8, 4) is 11.1 Å². The molecule has 0 bridgehead atoms. The number of aryl methyl sites for hydroxylation is 3. The summed E-state index contributed by atoms with van der Waals surface area (Å²) in [4.78, 5) is 18.3. The van der Waals surface area contributed by atoms with Crippen LogP contribution in [0, 0.1) is 13.8 Å². The van der Waals surface area contributed by atoms with E-state index in [2.05, 4.69) is 41.4 Å². The molecule has 3 heterocycles. The van der Waals surface area contributed by atoms with E-state index in [1.54, 1.807) is 25.2 Å². The van der Waals surface area contributed by atoms with E-state index < -0.39 is 0 Å². The van der Waals surface area contributed by atoms with Gasteiger partial charge in [0.15, 0.2) is 0 Å². The zero-order valence-electron chi connectivity index (χ0n) is 18.0. The van der Waals surface area contributed by atoms with Crippen LogP contribution in [0.5, 0.6) is 0 Å². The predicted octanol–water partition coefficient (Wildman–Crippen LogP) is 3.89. The minimum atomic E-state index is 0.0523. The number of carbonyl (C=O) groups is 1. The van der Waals surface area contributed by atoms with Crippen LogP contribution < -0.4 is 5.32 Å².